The number of H-pyrrole nitrogens is 1. The van der Waals surface area contributed by atoms with Gasteiger partial charge in [-0.3, -0.25) is 19.7 Å². The van der Waals surface area contributed by atoms with Crippen LogP contribution in [0.2, 0.25) is 0 Å². The van der Waals surface area contributed by atoms with Gasteiger partial charge in [-0.15, -0.1) is 0 Å². The zero-order chi connectivity index (χ0) is 22.9. The molecule has 0 unspecified atom stereocenters. The van der Waals surface area contributed by atoms with Gasteiger partial charge in [0.05, 0.1) is 17.5 Å². The summed E-state index contributed by atoms with van der Waals surface area (Å²) in [4.78, 5) is 35.0. The van der Waals surface area contributed by atoms with Crippen LogP contribution in [0, 0.1) is 0 Å². The molecule has 172 valence electrons. The van der Waals surface area contributed by atoms with Crippen molar-refractivity contribution < 1.29 is 9.59 Å². The van der Waals surface area contributed by atoms with Crippen LogP contribution in [0.4, 0.5) is 0 Å². The Morgan fingerprint density at radius 2 is 1.70 bits per heavy atom. The van der Waals surface area contributed by atoms with Crippen molar-refractivity contribution in [1.82, 2.24) is 25.0 Å². The average Bonchev–Trinajstić information content (AvgIpc) is 3.33. The van der Waals surface area contributed by atoms with E-state index in [-0.39, 0.29) is 29.8 Å². The molecule has 4 heterocycles. The fraction of sp³-hybridized carbons (Fsp3) is 0.462. The maximum Gasteiger partial charge on any atom is 0.273 e. The Balaban J connectivity index is 1.30. The molecule has 2 aromatic heterocycles. The number of nitrogens with one attached hydrogen (secondary N) is 1. The molecule has 7 nitrogen and oxygen atoms in total. The lowest BCUT2D eigenvalue weighted by Crippen LogP contribution is -2.47. The average molecular weight is 446 g/mol. The van der Waals surface area contributed by atoms with E-state index < -0.39 is 0 Å². The molecule has 0 spiro atoms. The highest BCUT2D eigenvalue weighted by Crippen LogP contribution is 2.32. The van der Waals surface area contributed by atoms with Crippen LogP contribution in [-0.2, 0) is 0 Å². The van der Waals surface area contributed by atoms with Gasteiger partial charge in [-0.2, -0.15) is 5.10 Å². The molecule has 0 bridgehead atoms. The number of carbonyl (C=O) groups is 2. The monoisotopic (exact) mass is 445 g/mol. The first-order valence-electron chi connectivity index (χ1n) is 12.0. The van der Waals surface area contributed by atoms with E-state index >= 15 is 0 Å². The fourth-order valence-electron chi connectivity index (χ4n) is 5.55. The number of aromatic nitrogens is 3. The molecule has 2 fully saturated rings. The number of nitrogens with zero attached hydrogens (tertiary/aromatic N) is 4. The Morgan fingerprint density at radius 1 is 0.970 bits per heavy atom. The molecule has 5 rings (SSSR count). The first-order valence-corrected chi connectivity index (χ1v) is 12.0. The Morgan fingerprint density at radius 3 is 2.45 bits per heavy atom. The van der Waals surface area contributed by atoms with E-state index in [0.29, 0.717) is 24.3 Å². The summed E-state index contributed by atoms with van der Waals surface area (Å²) in [7, 11) is 0. The van der Waals surface area contributed by atoms with Crippen LogP contribution in [0.3, 0.4) is 0 Å². The van der Waals surface area contributed by atoms with Crippen LogP contribution < -0.4 is 0 Å². The molecule has 2 saturated heterocycles. The van der Waals surface area contributed by atoms with Gasteiger partial charge in [0.1, 0.15) is 5.69 Å². The Hall–Kier alpha value is -3.22. The largest absolute Gasteiger partial charge is 0.337 e. The number of aromatic amines is 1. The van der Waals surface area contributed by atoms with Crippen molar-refractivity contribution in [3.8, 4) is 0 Å². The van der Waals surface area contributed by atoms with E-state index in [4.69, 9.17) is 0 Å². The van der Waals surface area contributed by atoms with Crippen LogP contribution in [0.25, 0.3) is 10.8 Å². The van der Waals surface area contributed by atoms with E-state index in [1.54, 1.807) is 12.4 Å². The highest BCUT2D eigenvalue weighted by Gasteiger charge is 2.34. The van der Waals surface area contributed by atoms with Crippen LogP contribution in [0.1, 0.15) is 78.4 Å². The quantitative estimate of drug-likeness (QED) is 0.649. The third-order valence-corrected chi connectivity index (χ3v) is 7.39. The zero-order valence-electron chi connectivity index (χ0n) is 19.3. The number of fused-ring (bicyclic) bond motifs is 1. The van der Waals surface area contributed by atoms with Crippen molar-refractivity contribution in [1.29, 1.82) is 0 Å². The first kappa shape index (κ1) is 21.6. The maximum atomic E-state index is 13.4. The minimum Gasteiger partial charge on any atom is -0.337 e. The number of hydrogen-bond acceptors (Lipinski definition) is 4. The second-order valence-electron chi connectivity index (χ2n) is 9.49. The summed E-state index contributed by atoms with van der Waals surface area (Å²) >= 11 is 0. The molecule has 3 aromatic rings. The minimum absolute atomic E-state index is 0.0258. The van der Waals surface area contributed by atoms with Gasteiger partial charge in [0.25, 0.3) is 11.8 Å². The van der Waals surface area contributed by atoms with E-state index in [9.17, 15) is 9.59 Å². The summed E-state index contributed by atoms with van der Waals surface area (Å²) in [6.07, 6.45) is 8.24. The zero-order valence-corrected chi connectivity index (χ0v) is 19.3. The van der Waals surface area contributed by atoms with Crippen LogP contribution in [0.15, 0.2) is 42.7 Å². The Bertz CT molecular complexity index is 1150. The highest BCUT2D eigenvalue weighted by atomic mass is 16.2. The standard InChI is InChI=1S/C26H31N5O2/c1-17-6-5-7-18(2)31(17)25(32)22-16-28-29-23(22)20-11-14-30(15-12-20)26(33)24-21-9-4-3-8-19(21)10-13-27-24/h3-4,8-10,13,16-18,20H,5-7,11-12,14-15H2,1-2H3,(H,28,29)/t17-,18-/m1/s1. The summed E-state index contributed by atoms with van der Waals surface area (Å²) in [5.74, 6) is 0.241. The smallest absolute Gasteiger partial charge is 0.273 e. The third-order valence-electron chi connectivity index (χ3n) is 7.39. The normalized spacial score (nSPS) is 22.0. The van der Waals surface area contributed by atoms with Gasteiger partial charge >= 0.3 is 0 Å². The second-order valence-corrected chi connectivity index (χ2v) is 9.49. The molecule has 2 aliphatic heterocycles. The van der Waals surface area contributed by atoms with E-state index in [1.165, 1.54) is 6.42 Å². The van der Waals surface area contributed by atoms with Crippen molar-refractivity contribution in [2.24, 2.45) is 0 Å². The second kappa shape index (κ2) is 8.96. The van der Waals surface area contributed by atoms with Gasteiger partial charge in [-0.25, -0.2) is 0 Å². The number of benzene rings is 1. The molecule has 1 aromatic carbocycles. The van der Waals surface area contributed by atoms with Crippen molar-refractivity contribution >= 4 is 22.6 Å². The predicted molar refractivity (Wildman–Crippen MR) is 127 cm³/mol. The van der Waals surface area contributed by atoms with E-state index in [2.05, 4.69) is 29.0 Å². The minimum atomic E-state index is -0.0258. The molecular weight excluding hydrogens is 414 g/mol. The number of hydrogen-bond donors (Lipinski definition) is 1. The van der Waals surface area contributed by atoms with Gasteiger partial charge in [-0.05, 0) is 57.4 Å². The molecule has 2 amide bonds. The van der Waals surface area contributed by atoms with Crippen molar-refractivity contribution in [2.45, 2.75) is 64.0 Å². The molecule has 33 heavy (non-hydrogen) atoms. The fourth-order valence-corrected chi connectivity index (χ4v) is 5.55. The van der Waals surface area contributed by atoms with Crippen molar-refractivity contribution in [3.05, 3.63) is 59.7 Å². The van der Waals surface area contributed by atoms with Crippen LogP contribution in [-0.4, -0.2) is 62.0 Å². The molecule has 1 N–H and O–H groups in total. The Kier molecular flexibility index (Phi) is 5.87. The predicted octanol–water partition coefficient (Wildman–Crippen LogP) is 4.38. The third kappa shape index (κ3) is 4.01. The summed E-state index contributed by atoms with van der Waals surface area (Å²) in [5, 5.41) is 9.26. The molecule has 2 aliphatic rings. The molecule has 7 heteroatoms. The van der Waals surface area contributed by atoms with Crippen LogP contribution in [0.5, 0.6) is 0 Å². The summed E-state index contributed by atoms with van der Waals surface area (Å²) < 4.78 is 0. The summed E-state index contributed by atoms with van der Waals surface area (Å²) in [6, 6.07) is 10.3. The van der Waals surface area contributed by atoms with Gasteiger partial charge < -0.3 is 9.80 Å². The number of amides is 2. The van der Waals surface area contributed by atoms with E-state index in [0.717, 1.165) is 42.1 Å². The molecule has 0 saturated carbocycles. The number of pyridine rings is 1. The van der Waals surface area contributed by atoms with Gasteiger partial charge in [0.2, 0.25) is 0 Å². The van der Waals surface area contributed by atoms with Gasteiger partial charge in [-0.1, -0.05) is 24.3 Å². The maximum absolute atomic E-state index is 13.4. The Labute approximate surface area is 194 Å². The topological polar surface area (TPSA) is 82.2 Å². The lowest BCUT2D eigenvalue weighted by atomic mass is 9.90. The summed E-state index contributed by atoms with van der Waals surface area (Å²) in [6.45, 7) is 5.55. The van der Waals surface area contributed by atoms with Gasteiger partial charge in [0, 0.05) is 42.7 Å². The van der Waals surface area contributed by atoms with Crippen molar-refractivity contribution in [2.75, 3.05) is 13.1 Å². The lowest BCUT2D eigenvalue weighted by Gasteiger charge is -2.39. The summed E-state index contributed by atoms with van der Waals surface area (Å²) in [5.41, 5.74) is 2.12. The molecule has 0 aliphatic carbocycles. The number of piperidine rings is 2. The lowest BCUT2D eigenvalue weighted by molar-refractivity contribution is 0.0507. The van der Waals surface area contributed by atoms with Crippen molar-refractivity contribution in [3.63, 3.8) is 0 Å². The molecule has 0 radical (unpaired) electrons. The highest BCUT2D eigenvalue weighted by molar-refractivity contribution is 6.05. The number of rotatable bonds is 3. The van der Waals surface area contributed by atoms with Gasteiger partial charge in [0.15, 0.2) is 0 Å². The number of likely N-dealkylation sites (tertiary alicyclic amines) is 2. The first-order chi connectivity index (χ1) is 16.0. The molecular formula is C26H31N5O2. The van der Waals surface area contributed by atoms with E-state index in [1.807, 2.05) is 40.1 Å². The molecule has 2 atom stereocenters. The number of carbonyl (C=O) groups excluding carboxylic acids is 2. The van der Waals surface area contributed by atoms with Crippen LogP contribution >= 0.6 is 0 Å². The SMILES string of the molecule is C[C@@H]1CCC[C@@H](C)N1C(=O)c1cn[nH]c1C1CCN(C(=O)c2nccc3ccccc23)CC1.